The van der Waals surface area contributed by atoms with Crippen molar-refractivity contribution in [1.29, 1.82) is 0 Å². The molecule has 1 heterocycles. The number of carbonyl (C=O) groups excluding carboxylic acids is 1. The third-order valence-corrected chi connectivity index (χ3v) is 3.42. The zero-order valence-corrected chi connectivity index (χ0v) is 11.6. The molecule has 19 heavy (non-hydrogen) atoms. The van der Waals surface area contributed by atoms with Crippen LogP contribution in [0.25, 0.3) is 0 Å². The molecular formula is C14H22N4O. The number of rotatable bonds is 6. The Balaban J connectivity index is 1.78. The van der Waals surface area contributed by atoms with E-state index in [1.807, 2.05) is 6.07 Å². The molecule has 1 aromatic rings. The topological polar surface area (TPSA) is 66.9 Å². The van der Waals surface area contributed by atoms with Crippen LogP contribution >= 0.6 is 0 Å². The lowest BCUT2D eigenvalue weighted by atomic mass is 9.85. The molecule has 1 fully saturated rings. The van der Waals surface area contributed by atoms with E-state index in [1.54, 1.807) is 6.07 Å². The highest BCUT2D eigenvalue weighted by Crippen LogP contribution is 2.27. The average molecular weight is 262 g/mol. The predicted octanol–water partition coefficient (Wildman–Crippen LogP) is 2.67. The van der Waals surface area contributed by atoms with E-state index in [-0.39, 0.29) is 11.8 Å². The number of aromatic nitrogens is 2. The monoisotopic (exact) mass is 262 g/mol. The van der Waals surface area contributed by atoms with Gasteiger partial charge in [0, 0.05) is 12.5 Å². The van der Waals surface area contributed by atoms with Gasteiger partial charge >= 0.3 is 0 Å². The molecule has 5 nitrogen and oxygen atoms in total. The van der Waals surface area contributed by atoms with Crippen molar-refractivity contribution in [2.75, 3.05) is 17.2 Å². The molecule has 0 aromatic carbocycles. The molecule has 0 aliphatic heterocycles. The highest BCUT2D eigenvalue weighted by Gasteiger charge is 2.25. The van der Waals surface area contributed by atoms with Gasteiger partial charge in [0.2, 0.25) is 5.91 Å². The predicted molar refractivity (Wildman–Crippen MR) is 75.9 cm³/mol. The Morgan fingerprint density at radius 3 is 2.53 bits per heavy atom. The Labute approximate surface area is 114 Å². The fourth-order valence-electron chi connectivity index (χ4n) is 1.88. The first-order valence-electron chi connectivity index (χ1n) is 7.03. The Kier molecular flexibility index (Phi) is 4.71. The highest BCUT2D eigenvalue weighted by atomic mass is 16.2. The summed E-state index contributed by atoms with van der Waals surface area (Å²) in [5.74, 6) is 2.20. The first-order valence-corrected chi connectivity index (χ1v) is 7.03. The summed E-state index contributed by atoms with van der Waals surface area (Å²) in [6.07, 6.45) is 4.24. The molecule has 1 aliphatic rings. The summed E-state index contributed by atoms with van der Waals surface area (Å²) < 4.78 is 0. The third-order valence-electron chi connectivity index (χ3n) is 3.42. The van der Waals surface area contributed by atoms with Crippen LogP contribution in [-0.2, 0) is 4.79 Å². The largest absolute Gasteiger partial charge is 0.369 e. The maximum Gasteiger partial charge on any atom is 0.228 e. The number of anilines is 2. The van der Waals surface area contributed by atoms with Crippen LogP contribution in [0.1, 0.15) is 39.5 Å². The van der Waals surface area contributed by atoms with E-state index < -0.39 is 0 Å². The Bertz CT molecular complexity index is 412. The van der Waals surface area contributed by atoms with Crippen molar-refractivity contribution in [3.63, 3.8) is 0 Å². The molecule has 0 spiro atoms. The second kappa shape index (κ2) is 6.50. The summed E-state index contributed by atoms with van der Waals surface area (Å²) in [5, 5.41) is 14.1. The fourth-order valence-corrected chi connectivity index (χ4v) is 1.88. The van der Waals surface area contributed by atoms with E-state index in [0.717, 1.165) is 38.0 Å². The summed E-state index contributed by atoms with van der Waals surface area (Å²) in [6, 6.07) is 3.64. The van der Waals surface area contributed by atoms with Gasteiger partial charge in [-0.15, -0.1) is 10.2 Å². The van der Waals surface area contributed by atoms with Crippen LogP contribution in [0.5, 0.6) is 0 Å². The minimum atomic E-state index is 0.0704. The molecule has 0 radical (unpaired) electrons. The summed E-state index contributed by atoms with van der Waals surface area (Å²) in [7, 11) is 0. The van der Waals surface area contributed by atoms with Crippen LogP contribution in [0, 0.1) is 11.8 Å². The van der Waals surface area contributed by atoms with Gasteiger partial charge in [0.1, 0.15) is 5.82 Å². The Morgan fingerprint density at radius 1 is 1.32 bits per heavy atom. The Hall–Kier alpha value is -1.65. The van der Waals surface area contributed by atoms with Crippen molar-refractivity contribution in [3.05, 3.63) is 12.1 Å². The van der Waals surface area contributed by atoms with Gasteiger partial charge in [0.05, 0.1) is 0 Å². The number of nitrogens with zero attached hydrogens (tertiary/aromatic N) is 2. The van der Waals surface area contributed by atoms with E-state index in [0.29, 0.717) is 11.7 Å². The number of carbonyl (C=O) groups is 1. The molecule has 1 saturated carbocycles. The smallest absolute Gasteiger partial charge is 0.228 e. The van der Waals surface area contributed by atoms with Crippen LogP contribution in [-0.4, -0.2) is 22.6 Å². The van der Waals surface area contributed by atoms with Gasteiger partial charge in [0.25, 0.3) is 0 Å². The van der Waals surface area contributed by atoms with Crippen LogP contribution in [0.3, 0.4) is 0 Å². The van der Waals surface area contributed by atoms with E-state index in [9.17, 15) is 4.79 Å². The second-order valence-electron chi connectivity index (χ2n) is 5.53. The van der Waals surface area contributed by atoms with Gasteiger partial charge in [-0.1, -0.05) is 20.3 Å². The van der Waals surface area contributed by atoms with Crippen molar-refractivity contribution in [1.82, 2.24) is 10.2 Å². The molecule has 5 heteroatoms. The normalized spacial score (nSPS) is 15.1. The molecule has 0 bridgehead atoms. The Morgan fingerprint density at radius 2 is 2.00 bits per heavy atom. The van der Waals surface area contributed by atoms with Crippen molar-refractivity contribution in [2.24, 2.45) is 11.8 Å². The minimum absolute atomic E-state index is 0.0704. The van der Waals surface area contributed by atoms with Crippen molar-refractivity contribution < 1.29 is 4.79 Å². The van der Waals surface area contributed by atoms with Gasteiger partial charge in [-0.25, -0.2) is 0 Å². The summed E-state index contributed by atoms with van der Waals surface area (Å²) in [6.45, 7) is 5.26. The third kappa shape index (κ3) is 4.19. The molecular weight excluding hydrogens is 240 g/mol. The van der Waals surface area contributed by atoms with Gasteiger partial charge in [-0.2, -0.15) is 0 Å². The van der Waals surface area contributed by atoms with E-state index >= 15 is 0 Å². The number of hydrogen-bond acceptors (Lipinski definition) is 4. The van der Waals surface area contributed by atoms with Crippen LogP contribution in [0.4, 0.5) is 11.6 Å². The first kappa shape index (κ1) is 13.8. The molecule has 0 saturated heterocycles. The maximum atomic E-state index is 11.7. The summed E-state index contributed by atoms with van der Waals surface area (Å²) in [4.78, 5) is 11.7. The zero-order chi connectivity index (χ0) is 13.7. The van der Waals surface area contributed by atoms with E-state index in [2.05, 4.69) is 34.7 Å². The molecule has 1 aliphatic carbocycles. The zero-order valence-electron chi connectivity index (χ0n) is 11.6. The SMILES string of the molecule is CC(C)CCNc1ccc(NC(=O)C2CCC2)nn1. The number of amides is 1. The summed E-state index contributed by atoms with van der Waals surface area (Å²) >= 11 is 0. The van der Waals surface area contributed by atoms with Gasteiger partial charge in [-0.3, -0.25) is 4.79 Å². The molecule has 1 amide bonds. The van der Waals surface area contributed by atoms with E-state index in [4.69, 9.17) is 0 Å². The maximum absolute atomic E-state index is 11.7. The minimum Gasteiger partial charge on any atom is -0.369 e. The molecule has 2 N–H and O–H groups in total. The highest BCUT2D eigenvalue weighted by molar-refractivity contribution is 5.92. The molecule has 0 atom stereocenters. The van der Waals surface area contributed by atoms with Crippen molar-refractivity contribution in [2.45, 2.75) is 39.5 Å². The lowest BCUT2D eigenvalue weighted by molar-refractivity contribution is -0.122. The molecule has 0 unspecified atom stereocenters. The van der Waals surface area contributed by atoms with Crippen molar-refractivity contribution in [3.8, 4) is 0 Å². The molecule has 2 rings (SSSR count). The number of nitrogens with one attached hydrogen (secondary N) is 2. The van der Waals surface area contributed by atoms with Crippen LogP contribution in [0.2, 0.25) is 0 Å². The average Bonchev–Trinajstić information content (AvgIpc) is 2.28. The standard InChI is InChI=1S/C14H22N4O/c1-10(2)8-9-15-12-6-7-13(18-17-12)16-14(19)11-4-3-5-11/h6-7,10-11H,3-5,8-9H2,1-2H3,(H,15,17)(H,16,18,19). The van der Waals surface area contributed by atoms with Crippen molar-refractivity contribution >= 4 is 17.5 Å². The quantitative estimate of drug-likeness (QED) is 0.827. The summed E-state index contributed by atoms with van der Waals surface area (Å²) in [5.41, 5.74) is 0. The first-order chi connectivity index (χ1) is 9.15. The van der Waals surface area contributed by atoms with Crippen LogP contribution < -0.4 is 10.6 Å². The number of hydrogen-bond donors (Lipinski definition) is 2. The van der Waals surface area contributed by atoms with Crippen LogP contribution in [0.15, 0.2) is 12.1 Å². The lowest BCUT2D eigenvalue weighted by Gasteiger charge is -2.23. The second-order valence-corrected chi connectivity index (χ2v) is 5.53. The van der Waals surface area contributed by atoms with Gasteiger partial charge in [0.15, 0.2) is 5.82 Å². The molecule has 104 valence electrons. The van der Waals surface area contributed by atoms with E-state index in [1.165, 1.54) is 0 Å². The lowest BCUT2D eigenvalue weighted by Crippen LogP contribution is -2.28. The van der Waals surface area contributed by atoms with Gasteiger partial charge < -0.3 is 10.6 Å². The van der Waals surface area contributed by atoms with Gasteiger partial charge in [-0.05, 0) is 37.3 Å². The fraction of sp³-hybridized carbons (Fsp3) is 0.643. The molecule has 1 aromatic heterocycles.